The van der Waals surface area contributed by atoms with Crippen LogP contribution in [0, 0.1) is 6.92 Å². The Morgan fingerprint density at radius 1 is 1.57 bits per heavy atom. The highest BCUT2D eigenvalue weighted by Crippen LogP contribution is 2.13. The molecule has 7 heavy (non-hydrogen) atoms. The van der Waals surface area contributed by atoms with Gasteiger partial charge in [0.1, 0.15) is 0 Å². The Morgan fingerprint density at radius 3 is 2.43 bits per heavy atom. The molecule has 2 atom stereocenters. The Kier molecular flexibility index (Phi) is 1.30. The van der Waals surface area contributed by atoms with E-state index in [9.17, 15) is 0 Å². The standard InChI is InChI=1S/C5H9O2/c1-4-3-5(2)7-6-4/h4-5H,1,3H2,2H3. The normalized spacial score (nSPS) is 42.0. The molecule has 0 N–H and O–H groups in total. The van der Waals surface area contributed by atoms with Crippen LogP contribution in [0.1, 0.15) is 13.3 Å². The molecular weight excluding hydrogens is 92.1 g/mol. The van der Waals surface area contributed by atoms with Gasteiger partial charge in [-0.3, -0.25) is 0 Å². The molecule has 1 heterocycles. The van der Waals surface area contributed by atoms with E-state index in [1.807, 2.05) is 6.92 Å². The van der Waals surface area contributed by atoms with Crippen molar-refractivity contribution in [3.63, 3.8) is 0 Å². The molecule has 0 spiro atoms. The van der Waals surface area contributed by atoms with Crippen molar-refractivity contribution in [2.24, 2.45) is 0 Å². The first kappa shape index (κ1) is 5.06. The van der Waals surface area contributed by atoms with Crippen molar-refractivity contribution in [3.8, 4) is 0 Å². The van der Waals surface area contributed by atoms with Crippen molar-refractivity contribution >= 4 is 0 Å². The number of hydrogen-bond acceptors (Lipinski definition) is 2. The van der Waals surface area contributed by atoms with Crippen LogP contribution < -0.4 is 0 Å². The molecule has 1 fully saturated rings. The highest BCUT2D eigenvalue weighted by molar-refractivity contribution is 4.66. The maximum absolute atomic E-state index is 4.70. The van der Waals surface area contributed by atoms with E-state index in [-0.39, 0.29) is 12.2 Å². The monoisotopic (exact) mass is 101 g/mol. The molecular formula is C5H9O2. The van der Waals surface area contributed by atoms with Gasteiger partial charge in [0, 0.05) is 6.42 Å². The molecule has 1 saturated heterocycles. The molecule has 1 aliphatic rings. The van der Waals surface area contributed by atoms with Gasteiger partial charge in [-0.1, -0.05) is 0 Å². The molecule has 0 amide bonds. The number of hydrogen-bond donors (Lipinski definition) is 0. The van der Waals surface area contributed by atoms with Crippen molar-refractivity contribution in [2.75, 3.05) is 0 Å². The molecule has 0 aromatic heterocycles. The minimum Gasteiger partial charge on any atom is -0.233 e. The van der Waals surface area contributed by atoms with Crippen molar-refractivity contribution in [3.05, 3.63) is 6.92 Å². The van der Waals surface area contributed by atoms with Crippen molar-refractivity contribution < 1.29 is 9.78 Å². The predicted molar refractivity (Wildman–Crippen MR) is 25.4 cm³/mol. The van der Waals surface area contributed by atoms with Crippen LogP contribution in [0.15, 0.2) is 0 Å². The molecule has 2 unspecified atom stereocenters. The van der Waals surface area contributed by atoms with Crippen LogP contribution in [-0.2, 0) is 9.78 Å². The first-order valence-corrected chi connectivity index (χ1v) is 2.44. The summed E-state index contributed by atoms with van der Waals surface area (Å²) in [6.45, 7) is 5.60. The van der Waals surface area contributed by atoms with E-state index >= 15 is 0 Å². The fourth-order valence-corrected chi connectivity index (χ4v) is 0.622. The second-order valence-corrected chi connectivity index (χ2v) is 1.86. The van der Waals surface area contributed by atoms with Gasteiger partial charge in [-0.15, -0.1) is 0 Å². The summed E-state index contributed by atoms with van der Waals surface area (Å²) >= 11 is 0. The molecule has 0 aromatic rings. The fourth-order valence-electron chi connectivity index (χ4n) is 0.622. The Hall–Kier alpha value is -0.0800. The summed E-state index contributed by atoms with van der Waals surface area (Å²) in [6, 6.07) is 0. The molecule has 1 aliphatic heterocycles. The lowest BCUT2D eigenvalue weighted by Crippen LogP contribution is -1.97. The molecule has 1 radical (unpaired) electrons. The van der Waals surface area contributed by atoms with Crippen molar-refractivity contribution in [1.82, 2.24) is 0 Å². The third-order valence-corrected chi connectivity index (χ3v) is 0.951. The first-order valence-electron chi connectivity index (χ1n) is 2.44. The highest BCUT2D eigenvalue weighted by Gasteiger charge is 2.18. The quantitative estimate of drug-likeness (QED) is 0.422. The van der Waals surface area contributed by atoms with E-state index < -0.39 is 0 Å². The van der Waals surface area contributed by atoms with Crippen molar-refractivity contribution in [2.45, 2.75) is 25.6 Å². The van der Waals surface area contributed by atoms with E-state index in [2.05, 4.69) is 11.8 Å². The lowest BCUT2D eigenvalue weighted by molar-refractivity contribution is -0.285. The molecule has 1 rings (SSSR count). The Labute approximate surface area is 43.3 Å². The zero-order valence-corrected chi connectivity index (χ0v) is 4.39. The lowest BCUT2D eigenvalue weighted by Gasteiger charge is -1.91. The van der Waals surface area contributed by atoms with Gasteiger partial charge in [0.25, 0.3) is 0 Å². The van der Waals surface area contributed by atoms with Gasteiger partial charge in [-0.25, -0.2) is 9.78 Å². The molecule has 0 aromatic carbocycles. The largest absolute Gasteiger partial charge is 0.233 e. The molecule has 2 heteroatoms. The van der Waals surface area contributed by atoms with E-state index in [0.29, 0.717) is 0 Å². The first-order chi connectivity index (χ1) is 3.29. The van der Waals surface area contributed by atoms with Crippen LogP contribution in [0.4, 0.5) is 0 Å². The second-order valence-electron chi connectivity index (χ2n) is 1.86. The highest BCUT2D eigenvalue weighted by atomic mass is 17.2. The van der Waals surface area contributed by atoms with Gasteiger partial charge in [-0.05, 0) is 13.8 Å². The maximum atomic E-state index is 4.70. The van der Waals surface area contributed by atoms with Gasteiger partial charge in [-0.2, -0.15) is 0 Å². The number of rotatable bonds is 0. The van der Waals surface area contributed by atoms with E-state index in [1.165, 1.54) is 0 Å². The fraction of sp³-hybridized carbons (Fsp3) is 0.800. The van der Waals surface area contributed by atoms with Gasteiger partial charge in [0.05, 0.1) is 12.2 Å². The Bertz CT molecular complexity index is 55.1. The minimum atomic E-state index is 0.0509. The lowest BCUT2D eigenvalue weighted by atomic mass is 10.2. The summed E-state index contributed by atoms with van der Waals surface area (Å²) in [5, 5.41) is 0. The summed E-state index contributed by atoms with van der Waals surface area (Å²) < 4.78 is 0. The molecule has 2 nitrogen and oxygen atoms in total. The van der Waals surface area contributed by atoms with Crippen LogP contribution >= 0.6 is 0 Å². The average molecular weight is 101 g/mol. The summed E-state index contributed by atoms with van der Waals surface area (Å²) in [4.78, 5) is 9.36. The maximum Gasteiger partial charge on any atom is 0.0956 e. The second kappa shape index (κ2) is 1.80. The summed E-state index contributed by atoms with van der Waals surface area (Å²) in [5.74, 6) is 0. The van der Waals surface area contributed by atoms with Gasteiger partial charge in [0.2, 0.25) is 0 Å². The van der Waals surface area contributed by atoms with Crippen LogP contribution in [0.25, 0.3) is 0 Å². The van der Waals surface area contributed by atoms with Gasteiger partial charge < -0.3 is 0 Å². The molecule has 0 saturated carbocycles. The van der Waals surface area contributed by atoms with E-state index in [1.54, 1.807) is 0 Å². The zero-order chi connectivity index (χ0) is 5.28. The zero-order valence-electron chi connectivity index (χ0n) is 4.39. The molecule has 0 aliphatic carbocycles. The molecule has 41 valence electrons. The summed E-state index contributed by atoms with van der Waals surface area (Å²) in [6.07, 6.45) is 1.21. The van der Waals surface area contributed by atoms with Crippen molar-refractivity contribution in [1.29, 1.82) is 0 Å². The summed E-state index contributed by atoms with van der Waals surface area (Å²) in [7, 11) is 0. The average Bonchev–Trinajstić information content (AvgIpc) is 1.87. The SMILES string of the molecule is [CH2]C1CC(C)OO1. The van der Waals surface area contributed by atoms with Crippen LogP contribution in [0.3, 0.4) is 0 Å². The van der Waals surface area contributed by atoms with Gasteiger partial charge in [0.15, 0.2) is 0 Å². The predicted octanol–water partition coefficient (Wildman–Crippen LogP) is 0.929. The summed E-state index contributed by atoms with van der Waals surface area (Å²) in [5.41, 5.74) is 0. The van der Waals surface area contributed by atoms with E-state index in [0.717, 1.165) is 6.42 Å². The molecule has 0 bridgehead atoms. The topological polar surface area (TPSA) is 18.5 Å². The smallest absolute Gasteiger partial charge is 0.0956 e. The third kappa shape index (κ3) is 1.14. The van der Waals surface area contributed by atoms with Gasteiger partial charge >= 0.3 is 0 Å². The third-order valence-electron chi connectivity index (χ3n) is 0.951. The van der Waals surface area contributed by atoms with Crippen LogP contribution in [0.2, 0.25) is 0 Å². The Morgan fingerprint density at radius 2 is 2.29 bits per heavy atom. The Balaban J connectivity index is 2.26. The van der Waals surface area contributed by atoms with Crippen LogP contribution in [-0.4, -0.2) is 12.2 Å². The van der Waals surface area contributed by atoms with E-state index in [4.69, 9.17) is 4.89 Å². The minimum absolute atomic E-state index is 0.0509. The van der Waals surface area contributed by atoms with Crippen LogP contribution in [0.5, 0.6) is 0 Å².